The summed E-state index contributed by atoms with van der Waals surface area (Å²) >= 11 is 0. The van der Waals surface area contributed by atoms with Crippen LogP contribution in [0.3, 0.4) is 0 Å². The lowest BCUT2D eigenvalue weighted by atomic mass is 10.1. The molecule has 0 unspecified atom stereocenters. The number of ketones is 1. The summed E-state index contributed by atoms with van der Waals surface area (Å²) in [6.45, 7) is 3.54. The van der Waals surface area contributed by atoms with E-state index in [9.17, 15) is 4.79 Å². The maximum Gasteiger partial charge on any atom is 0.152 e. The fourth-order valence-electron chi connectivity index (χ4n) is 2.09. The molecule has 0 atom stereocenters. The van der Waals surface area contributed by atoms with Crippen LogP contribution in [-0.4, -0.2) is 28.7 Å². The van der Waals surface area contributed by atoms with Crippen LogP contribution in [0.25, 0.3) is 10.9 Å². The van der Waals surface area contributed by atoms with E-state index in [1.165, 1.54) is 0 Å². The number of hydrogen-bond acceptors (Lipinski definition) is 3. The van der Waals surface area contributed by atoms with Crippen LogP contribution in [0.1, 0.15) is 12.6 Å². The van der Waals surface area contributed by atoms with Gasteiger partial charge in [-0.25, -0.2) is 0 Å². The van der Waals surface area contributed by atoms with Crippen molar-refractivity contribution in [2.75, 3.05) is 13.1 Å². The van der Waals surface area contributed by atoms with E-state index in [2.05, 4.69) is 16.3 Å². The summed E-state index contributed by atoms with van der Waals surface area (Å²) in [5, 5.41) is 8.46. The van der Waals surface area contributed by atoms with Crippen LogP contribution >= 0.6 is 0 Å². The number of aryl methyl sites for hydroxylation is 1. The minimum Gasteiger partial charge on any atom is -0.299 e. The van der Waals surface area contributed by atoms with Crippen LogP contribution in [0.2, 0.25) is 0 Å². The molecule has 0 radical (unpaired) electrons. The molecule has 98 valence electrons. The Labute approximate surface area is 112 Å². The van der Waals surface area contributed by atoms with Crippen molar-refractivity contribution in [3.8, 4) is 12.3 Å². The number of aromatic nitrogens is 2. The number of nitrogens with one attached hydrogen (secondary N) is 1. The third-order valence-electron chi connectivity index (χ3n) is 2.95. The van der Waals surface area contributed by atoms with Crippen LogP contribution in [0.4, 0.5) is 0 Å². The van der Waals surface area contributed by atoms with Crippen molar-refractivity contribution in [2.24, 2.45) is 0 Å². The molecule has 2 aromatic rings. The SMILES string of the molecule is C#CCNCC(=O)Cc1nn(CC)c2ccccc12. The molecule has 0 aliphatic rings. The summed E-state index contributed by atoms with van der Waals surface area (Å²) in [6.07, 6.45) is 5.46. The average molecular weight is 255 g/mol. The van der Waals surface area contributed by atoms with E-state index in [1.807, 2.05) is 35.9 Å². The minimum atomic E-state index is 0.0988. The molecule has 1 aromatic carbocycles. The number of rotatable bonds is 6. The Morgan fingerprint density at radius 3 is 3.00 bits per heavy atom. The molecule has 0 spiro atoms. The third-order valence-corrected chi connectivity index (χ3v) is 2.95. The smallest absolute Gasteiger partial charge is 0.152 e. The van der Waals surface area contributed by atoms with Gasteiger partial charge in [0, 0.05) is 11.9 Å². The van der Waals surface area contributed by atoms with Crippen LogP contribution in [-0.2, 0) is 17.8 Å². The Morgan fingerprint density at radius 2 is 2.26 bits per heavy atom. The van der Waals surface area contributed by atoms with E-state index in [0.717, 1.165) is 23.1 Å². The summed E-state index contributed by atoms with van der Waals surface area (Å²) in [5.41, 5.74) is 1.91. The second-order valence-corrected chi connectivity index (χ2v) is 4.30. The van der Waals surface area contributed by atoms with Gasteiger partial charge in [0.15, 0.2) is 5.78 Å². The fourth-order valence-corrected chi connectivity index (χ4v) is 2.09. The van der Waals surface area contributed by atoms with E-state index in [0.29, 0.717) is 13.0 Å². The van der Waals surface area contributed by atoms with E-state index in [1.54, 1.807) is 0 Å². The molecule has 0 aliphatic heterocycles. The highest BCUT2D eigenvalue weighted by Gasteiger charge is 2.12. The van der Waals surface area contributed by atoms with Gasteiger partial charge in [-0.1, -0.05) is 24.1 Å². The predicted octanol–water partition coefficient (Wildman–Crippen LogP) is 1.39. The normalized spacial score (nSPS) is 10.5. The molecule has 0 bridgehead atoms. The first kappa shape index (κ1) is 13.3. The van der Waals surface area contributed by atoms with Crippen LogP contribution in [0.5, 0.6) is 0 Å². The molecule has 0 fully saturated rings. The maximum atomic E-state index is 11.8. The zero-order valence-corrected chi connectivity index (χ0v) is 11.0. The van der Waals surface area contributed by atoms with Gasteiger partial charge in [0.25, 0.3) is 0 Å². The number of nitrogens with zero attached hydrogens (tertiary/aromatic N) is 2. The molecule has 19 heavy (non-hydrogen) atoms. The van der Waals surface area contributed by atoms with Gasteiger partial charge in [0.1, 0.15) is 0 Å². The molecule has 0 saturated heterocycles. The molecule has 0 saturated carbocycles. The largest absolute Gasteiger partial charge is 0.299 e. The molecule has 4 heteroatoms. The van der Waals surface area contributed by atoms with Crippen LogP contribution < -0.4 is 5.32 Å². The molecule has 0 amide bonds. The summed E-state index contributed by atoms with van der Waals surface area (Å²) < 4.78 is 1.92. The molecular weight excluding hydrogens is 238 g/mol. The Kier molecular flexibility index (Phi) is 4.32. The molecule has 0 aliphatic carbocycles. The number of para-hydroxylation sites is 1. The predicted molar refractivity (Wildman–Crippen MR) is 75.8 cm³/mol. The minimum absolute atomic E-state index is 0.0988. The summed E-state index contributed by atoms with van der Waals surface area (Å²) in [4.78, 5) is 11.8. The number of carbonyl (C=O) groups is 1. The lowest BCUT2D eigenvalue weighted by Gasteiger charge is -1.99. The first-order chi connectivity index (χ1) is 9.26. The molecule has 1 heterocycles. The summed E-state index contributed by atoms with van der Waals surface area (Å²) in [5.74, 6) is 2.55. The Bertz CT molecular complexity index is 622. The van der Waals surface area contributed by atoms with Crippen molar-refractivity contribution in [3.05, 3.63) is 30.0 Å². The van der Waals surface area contributed by atoms with Crippen LogP contribution in [0.15, 0.2) is 24.3 Å². The van der Waals surface area contributed by atoms with E-state index < -0.39 is 0 Å². The summed E-state index contributed by atoms with van der Waals surface area (Å²) in [7, 11) is 0. The van der Waals surface area contributed by atoms with Gasteiger partial charge < -0.3 is 0 Å². The first-order valence-electron chi connectivity index (χ1n) is 6.36. The van der Waals surface area contributed by atoms with Gasteiger partial charge in [-0.3, -0.25) is 14.8 Å². The molecule has 1 N–H and O–H groups in total. The second kappa shape index (κ2) is 6.17. The van der Waals surface area contributed by atoms with Gasteiger partial charge in [-0.2, -0.15) is 5.10 Å². The van der Waals surface area contributed by atoms with Gasteiger partial charge >= 0.3 is 0 Å². The molecular formula is C15H17N3O. The number of Topliss-reactive ketones (excluding diaryl/α,β-unsaturated/α-hetero) is 1. The monoisotopic (exact) mass is 255 g/mol. The van der Waals surface area contributed by atoms with Gasteiger partial charge in [-0.05, 0) is 13.0 Å². The highest BCUT2D eigenvalue weighted by atomic mass is 16.1. The Balaban J connectivity index is 2.17. The van der Waals surface area contributed by atoms with Crippen molar-refractivity contribution >= 4 is 16.7 Å². The molecule has 2 rings (SSSR count). The zero-order valence-electron chi connectivity index (χ0n) is 11.0. The maximum absolute atomic E-state index is 11.8. The molecule has 1 aromatic heterocycles. The van der Waals surface area contributed by atoms with Crippen molar-refractivity contribution in [3.63, 3.8) is 0 Å². The van der Waals surface area contributed by atoms with Crippen molar-refractivity contribution in [1.82, 2.24) is 15.1 Å². The number of carbonyl (C=O) groups excluding carboxylic acids is 1. The number of benzene rings is 1. The highest BCUT2D eigenvalue weighted by Crippen LogP contribution is 2.18. The first-order valence-corrected chi connectivity index (χ1v) is 6.36. The van der Waals surface area contributed by atoms with E-state index in [-0.39, 0.29) is 12.3 Å². The number of hydrogen-bond donors (Lipinski definition) is 1. The van der Waals surface area contributed by atoms with Crippen molar-refractivity contribution < 1.29 is 4.79 Å². The Hall–Kier alpha value is -2.12. The quantitative estimate of drug-likeness (QED) is 0.627. The third kappa shape index (κ3) is 3.01. The Morgan fingerprint density at radius 1 is 1.47 bits per heavy atom. The standard InChI is InChI=1S/C15H17N3O/c1-3-9-16-11-12(19)10-14-13-7-5-6-8-15(13)18(4-2)17-14/h1,5-8,16H,4,9-11H2,2H3. The highest BCUT2D eigenvalue weighted by molar-refractivity contribution is 5.89. The lowest BCUT2D eigenvalue weighted by molar-refractivity contribution is -0.117. The van der Waals surface area contributed by atoms with Gasteiger partial charge in [0.05, 0.1) is 30.7 Å². The second-order valence-electron chi connectivity index (χ2n) is 4.30. The lowest BCUT2D eigenvalue weighted by Crippen LogP contribution is -2.24. The van der Waals surface area contributed by atoms with Gasteiger partial charge in [0.2, 0.25) is 0 Å². The fraction of sp³-hybridized carbons (Fsp3) is 0.333. The molecule has 4 nitrogen and oxygen atoms in total. The topological polar surface area (TPSA) is 46.9 Å². The van der Waals surface area contributed by atoms with E-state index in [4.69, 9.17) is 6.42 Å². The number of fused-ring (bicyclic) bond motifs is 1. The van der Waals surface area contributed by atoms with Gasteiger partial charge in [-0.15, -0.1) is 6.42 Å². The van der Waals surface area contributed by atoms with E-state index >= 15 is 0 Å². The van der Waals surface area contributed by atoms with Crippen molar-refractivity contribution in [2.45, 2.75) is 19.9 Å². The summed E-state index contributed by atoms with van der Waals surface area (Å²) in [6, 6.07) is 7.98. The van der Waals surface area contributed by atoms with Crippen LogP contribution in [0, 0.1) is 12.3 Å². The van der Waals surface area contributed by atoms with Crippen molar-refractivity contribution in [1.29, 1.82) is 0 Å². The number of terminal acetylenes is 1. The average Bonchev–Trinajstić information content (AvgIpc) is 2.77. The zero-order chi connectivity index (χ0) is 13.7.